The van der Waals surface area contributed by atoms with Crippen LogP contribution in [0.1, 0.15) is 31.1 Å². The van der Waals surface area contributed by atoms with E-state index in [2.05, 4.69) is 0 Å². The molecule has 1 aliphatic heterocycles. The summed E-state index contributed by atoms with van der Waals surface area (Å²) in [5, 5.41) is 9.23. The maximum absolute atomic E-state index is 12.7. The van der Waals surface area contributed by atoms with E-state index in [1.165, 1.54) is 4.90 Å². The third-order valence-electron chi connectivity index (χ3n) is 3.28. The molecule has 5 heteroatoms. The third kappa shape index (κ3) is 2.82. The average molecular weight is 293 g/mol. The van der Waals surface area contributed by atoms with Gasteiger partial charge in [-0.2, -0.15) is 0 Å². The molecule has 1 saturated heterocycles. The molecule has 4 nitrogen and oxygen atoms in total. The van der Waals surface area contributed by atoms with Crippen molar-refractivity contribution in [1.82, 2.24) is 4.90 Å². The summed E-state index contributed by atoms with van der Waals surface area (Å²) in [4.78, 5) is 25.6. The Morgan fingerprint density at radius 1 is 1.25 bits per heavy atom. The van der Waals surface area contributed by atoms with E-state index in [-0.39, 0.29) is 16.7 Å². The third-order valence-corrected chi connectivity index (χ3v) is 5.04. The molecule has 1 aromatic carbocycles. The van der Waals surface area contributed by atoms with Crippen LogP contribution in [0.5, 0.6) is 0 Å². The fourth-order valence-electron chi connectivity index (χ4n) is 2.34. The van der Waals surface area contributed by atoms with Crippen LogP contribution in [0.15, 0.2) is 30.3 Å². The van der Waals surface area contributed by atoms with Gasteiger partial charge in [-0.1, -0.05) is 39.0 Å². The second-order valence-electron chi connectivity index (χ2n) is 5.98. The lowest BCUT2D eigenvalue weighted by Crippen LogP contribution is -2.49. The smallest absolute Gasteiger partial charge is 0.327 e. The molecule has 0 aliphatic carbocycles. The highest BCUT2D eigenvalue weighted by Gasteiger charge is 2.46. The van der Waals surface area contributed by atoms with Crippen LogP contribution < -0.4 is 0 Å². The first-order chi connectivity index (χ1) is 9.32. The maximum atomic E-state index is 12.7. The van der Waals surface area contributed by atoms with Crippen molar-refractivity contribution in [3.63, 3.8) is 0 Å². The predicted molar refractivity (Wildman–Crippen MR) is 79.7 cm³/mol. The van der Waals surface area contributed by atoms with Crippen LogP contribution >= 0.6 is 11.8 Å². The molecule has 0 radical (unpaired) electrons. The molecule has 1 aliphatic rings. The Kier molecular flexibility index (Phi) is 4.09. The first-order valence-electron chi connectivity index (χ1n) is 6.54. The number of hydrogen-bond donors (Lipinski definition) is 1. The van der Waals surface area contributed by atoms with Gasteiger partial charge in [-0.3, -0.25) is 4.79 Å². The van der Waals surface area contributed by atoms with Crippen molar-refractivity contribution >= 4 is 23.6 Å². The summed E-state index contributed by atoms with van der Waals surface area (Å²) in [5.74, 6) is -0.702. The molecule has 2 atom stereocenters. The normalized spacial score (nSPS) is 22.9. The van der Waals surface area contributed by atoms with E-state index >= 15 is 0 Å². The lowest BCUT2D eigenvalue weighted by Gasteiger charge is -2.35. The van der Waals surface area contributed by atoms with Crippen molar-refractivity contribution in [1.29, 1.82) is 0 Å². The zero-order chi connectivity index (χ0) is 14.9. The molecule has 1 fully saturated rings. The van der Waals surface area contributed by atoms with Crippen molar-refractivity contribution < 1.29 is 14.7 Å². The van der Waals surface area contributed by atoms with Crippen molar-refractivity contribution in [3.8, 4) is 0 Å². The van der Waals surface area contributed by atoms with Crippen molar-refractivity contribution in [2.45, 2.75) is 32.2 Å². The van der Waals surface area contributed by atoms with E-state index in [0.717, 1.165) is 0 Å². The van der Waals surface area contributed by atoms with Crippen molar-refractivity contribution in [3.05, 3.63) is 35.9 Å². The van der Waals surface area contributed by atoms with Gasteiger partial charge in [0.25, 0.3) is 5.91 Å². The summed E-state index contributed by atoms with van der Waals surface area (Å²) in [6, 6.07) is 8.12. The largest absolute Gasteiger partial charge is 0.480 e. The Labute approximate surface area is 123 Å². The monoisotopic (exact) mass is 293 g/mol. The Morgan fingerprint density at radius 2 is 1.85 bits per heavy atom. The molecule has 0 saturated carbocycles. The van der Waals surface area contributed by atoms with Gasteiger partial charge in [0.2, 0.25) is 0 Å². The molecular weight excluding hydrogens is 274 g/mol. The number of carbonyl (C=O) groups excluding carboxylic acids is 1. The summed E-state index contributed by atoms with van der Waals surface area (Å²) in [5.41, 5.74) is 0.370. The van der Waals surface area contributed by atoms with Gasteiger partial charge in [-0.15, -0.1) is 11.8 Å². The van der Waals surface area contributed by atoms with Crippen molar-refractivity contribution in [2.75, 3.05) is 5.75 Å². The summed E-state index contributed by atoms with van der Waals surface area (Å²) < 4.78 is 0. The van der Waals surface area contributed by atoms with Crippen LogP contribution in [0.4, 0.5) is 0 Å². The molecule has 0 spiro atoms. The summed E-state index contributed by atoms with van der Waals surface area (Å²) >= 11 is 1.54. The number of hydrogen-bond acceptors (Lipinski definition) is 3. The highest BCUT2D eigenvalue weighted by molar-refractivity contribution is 8.00. The van der Waals surface area contributed by atoms with E-state index in [0.29, 0.717) is 11.3 Å². The lowest BCUT2D eigenvalue weighted by atomic mass is 9.94. The fraction of sp³-hybridized carbons (Fsp3) is 0.467. The van der Waals surface area contributed by atoms with Gasteiger partial charge < -0.3 is 10.0 Å². The lowest BCUT2D eigenvalue weighted by molar-refractivity contribution is -0.141. The molecule has 2 rings (SSSR count). The number of rotatable bonds is 2. The van der Waals surface area contributed by atoms with Gasteiger partial charge in [-0.05, 0) is 17.5 Å². The average Bonchev–Trinajstić information content (AvgIpc) is 2.83. The standard InChI is InChI=1S/C15H19NO3S/c1-15(2,3)14-16(11(9-20-14)13(18)19)12(17)10-7-5-4-6-8-10/h4-8,11,14H,9H2,1-3H3,(H,18,19). The molecule has 20 heavy (non-hydrogen) atoms. The SMILES string of the molecule is CC(C)(C)C1SCC(C(=O)O)N1C(=O)c1ccccc1. The quantitative estimate of drug-likeness (QED) is 0.911. The van der Waals surface area contributed by atoms with Crippen molar-refractivity contribution in [2.24, 2.45) is 5.41 Å². The molecule has 2 unspecified atom stereocenters. The van der Waals surface area contributed by atoms with Gasteiger partial charge in [0.1, 0.15) is 6.04 Å². The molecule has 0 aromatic heterocycles. The summed E-state index contributed by atoms with van der Waals surface area (Å²) in [6.45, 7) is 6.08. The molecule has 1 amide bonds. The van der Waals surface area contributed by atoms with Crippen LogP contribution in [-0.2, 0) is 4.79 Å². The van der Waals surface area contributed by atoms with Crippen LogP contribution in [0.2, 0.25) is 0 Å². The summed E-state index contributed by atoms with van der Waals surface area (Å²) in [7, 11) is 0. The molecular formula is C15H19NO3S. The number of carboxylic acid groups (broad SMARTS) is 1. The van der Waals surface area contributed by atoms with E-state index in [4.69, 9.17) is 0 Å². The fourth-order valence-corrected chi connectivity index (χ4v) is 3.91. The number of thioether (sulfide) groups is 1. The number of carbonyl (C=O) groups is 2. The van der Waals surface area contributed by atoms with Gasteiger partial charge in [-0.25, -0.2) is 4.79 Å². The minimum absolute atomic E-state index is 0.128. The van der Waals surface area contributed by atoms with Gasteiger partial charge in [0.15, 0.2) is 0 Å². The van der Waals surface area contributed by atoms with Crippen LogP contribution in [0, 0.1) is 5.41 Å². The van der Waals surface area contributed by atoms with E-state index in [9.17, 15) is 14.7 Å². The Balaban J connectivity index is 2.36. The Morgan fingerprint density at radius 3 is 2.35 bits per heavy atom. The molecule has 0 bridgehead atoms. The first-order valence-corrected chi connectivity index (χ1v) is 7.59. The molecule has 1 heterocycles. The first kappa shape index (κ1) is 14.9. The Bertz CT molecular complexity index is 510. The van der Waals surface area contributed by atoms with E-state index in [1.54, 1.807) is 36.0 Å². The zero-order valence-electron chi connectivity index (χ0n) is 11.9. The maximum Gasteiger partial charge on any atom is 0.327 e. The second-order valence-corrected chi connectivity index (χ2v) is 7.10. The number of nitrogens with zero attached hydrogens (tertiary/aromatic N) is 1. The second kappa shape index (κ2) is 5.48. The van der Waals surface area contributed by atoms with Gasteiger partial charge >= 0.3 is 5.97 Å². The zero-order valence-corrected chi connectivity index (χ0v) is 12.7. The minimum atomic E-state index is -0.937. The molecule has 1 aromatic rings. The van der Waals surface area contributed by atoms with Gasteiger partial charge in [0.05, 0.1) is 5.37 Å². The number of amides is 1. The molecule has 108 valence electrons. The van der Waals surface area contributed by atoms with Crippen LogP contribution in [0.3, 0.4) is 0 Å². The molecule has 1 N–H and O–H groups in total. The van der Waals surface area contributed by atoms with Gasteiger partial charge in [0, 0.05) is 11.3 Å². The predicted octanol–water partition coefficient (Wildman–Crippen LogP) is 2.70. The topological polar surface area (TPSA) is 57.6 Å². The number of aliphatic carboxylic acids is 1. The summed E-state index contributed by atoms with van der Waals surface area (Å²) in [6.07, 6.45) is 0. The highest BCUT2D eigenvalue weighted by Crippen LogP contribution is 2.41. The van der Waals surface area contributed by atoms with E-state index in [1.807, 2.05) is 26.8 Å². The minimum Gasteiger partial charge on any atom is -0.480 e. The van der Waals surface area contributed by atoms with Crippen LogP contribution in [0.25, 0.3) is 0 Å². The number of carboxylic acids is 1. The number of benzene rings is 1. The van der Waals surface area contributed by atoms with Crippen LogP contribution in [-0.4, -0.2) is 39.1 Å². The van der Waals surface area contributed by atoms with E-state index < -0.39 is 12.0 Å². The Hall–Kier alpha value is -1.49. The highest BCUT2D eigenvalue weighted by atomic mass is 32.2.